The van der Waals surface area contributed by atoms with Gasteiger partial charge in [-0.2, -0.15) is 0 Å². The summed E-state index contributed by atoms with van der Waals surface area (Å²) in [6, 6.07) is 6.82. The van der Waals surface area contributed by atoms with Crippen LogP contribution in [0.1, 0.15) is 153 Å². The maximum atomic E-state index is 5.48. The van der Waals surface area contributed by atoms with Gasteiger partial charge in [0, 0.05) is 0 Å². The molecule has 0 aromatic heterocycles. The first-order valence-corrected chi connectivity index (χ1v) is 16.5. The SMILES string of the molecule is C.C.C#CC1=C=CC(c2ccc(C)c(CCC3CCC(C)CC3)c2)=CC=C1.C=C(C)C(=C)CC.CC.CC.CC.CCC. The van der Waals surface area contributed by atoms with Gasteiger partial charge in [-0.05, 0) is 79.4 Å². The highest BCUT2D eigenvalue weighted by Gasteiger charge is 2.18. The van der Waals surface area contributed by atoms with Crippen LogP contribution in [-0.2, 0) is 6.42 Å². The lowest BCUT2D eigenvalue weighted by Crippen LogP contribution is -2.13. The van der Waals surface area contributed by atoms with Crippen molar-refractivity contribution in [3.63, 3.8) is 0 Å². The lowest BCUT2D eigenvalue weighted by Gasteiger charge is -2.26. The van der Waals surface area contributed by atoms with Crippen LogP contribution in [0.25, 0.3) is 5.57 Å². The molecule has 1 aromatic carbocycles. The molecule has 1 aromatic rings. The average Bonchev–Trinajstić information content (AvgIpc) is 3.27. The smallest absolute Gasteiger partial charge is 0.0661 e. The summed E-state index contributed by atoms with van der Waals surface area (Å²) in [4.78, 5) is 0. The summed E-state index contributed by atoms with van der Waals surface area (Å²) in [6.07, 6.45) is 24.0. The maximum absolute atomic E-state index is 5.48. The molecule has 0 unspecified atom stereocenters. The molecule has 0 atom stereocenters. The van der Waals surface area contributed by atoms with E-state index in [0.29, 0.717) is 0 Å². The van der Waals surface area contributed by atoms with Crippen LogP contribution in [0.5, 0.6) is 0 Å². The third-order valence-electron chi connectivity index (χ3n) is 6.75. The van der Waals surface area contributed by atoms with Crippen LogP contribution in [0.15, 0.2) is 78.1 Å². The lowest BCUT2D eigenvalue weighted by molar-refractivity contribution is 0.277. The van der Waals surface area contributed by atoms with E-state index in [1.54, 1.807) is 0 Å². The Morgan fingerprint density at radius 3 is 1.93 bits per heavy atom. The van der Waals surface area contributed by atoms with Gasteiger partial charge in [-0.3, -0.25) is 0 Å². The van der Waals surface area contributed by atoms with Crippen molar-refractivity contribution in [3.05, 3.63) is 94.8 Å². The van der Waals surface area contributed by atoms with Crippen molar-refractivity contribution in [2.45, 2.75) is 149 Å². The van der Waals surface area contributed by atoms with Gasteiger partial charge in [-0.25, -0.2) is 0 Å². The topological polar surface area (TPSA) is 0 Å². The predicted molar refractivity (Wildman–Crippen MR) is 206 cm³/mol. The van der Waals surface area contributed by atoms with E-state index >= 15 is 0 Å². The zero-order chi connectivity index (χ0) is 32.2. The maximum Gasteiger partial charge on any atom is 0.0661 e. The van der Waals surface area contributed by atoms with E-state index in [1.165, 1.54) is 67.2 Å². The van der Waals surface area contributed by atoms with Crippen molar-refractivity contribution >= 4 is 5.57 Å². The Bertz CT molecular complexity index is 987. The van der Waals surface area contributed by atoms with Crippen molar-refractivity contribution in [1.82, 2.24) is 0 Å². The molecule has 0 heteroatoms. The molecule has 0 nitrogen and oxygen atoms in total. The van der Waals surface area contributed by atoms with Gasteiger partial charge < -0.3 is 0 Å². The number of allylic oxidation sites excluding steroid dienone is 7. The number of benzene rings is 1. The molecule has 0 N–H and O–H groups in total. The van der Waals surface area contributed by atoms with Gasteiger partial charge >= 0.3 is 0 Å². The molecule has 246 valence electrons. The summed E-state index contributed by atoms with van der Waals surface area (Å²) in [7, 11) is 0. The van der Waals surface area contributed by atoms with Crippen LogP contribution in [0.4, 0.5) is 0 Å². The van der Waals surface area contributed by atoms with E-state index in [0.717, 1.165) is 35.0 Å². The van der Waals surface area contributed by atoms with Crippen LogP contribution in [0.3, 0.4) is 0 Å². The first-order valence-electron chi connectivity index (χ1n) is 16.5. The molecular formula is C43H74. The third kappa shape index (κ3) is 23.4. The summed E-state index contributed by atoms with van der Waals surface area (Å²) < 4.78 is 0. The second-order valence-electron chi connectivity index (χ2n) is 10.1. The molecule has 3 rings (SSSR count). The van der Waals surface area contributed by atoms with Gasteiger partial charge in [0.1, 0.15) is 0 Å². The van der Waals surface area contributed by atoms with E-state index < -0.39 is 0 Å². The fourth-order valence-corrected chi connectivity index (χ4v) is 4.17. The molecule has 1 saturated carbocycles. The predicted octanol–water partition coefficient (Wildman–Crippen LogP) is 14.7. The fourth-order valence-electron chi connectivity index (χ4n) is 4.17. The minimum atomic E-state index is 0. The van der Waals surface area contributed by atoms with E-state index in [9.17, 15) is 0 Å². The molecule has 0 bridgehead atoms. The van der Waals surface area contributed by atoms with Crippen LogP contribution in [-0.4, -0.2) is 0 Å². The van der Waals surface area contributed by atoms with E-state index in [-0.39, 0.29) is 14.9 Å². The Balaban J connectivity index is -0.000000227. The molecule has 0 saturated heterocycles. The van der Waals surface area contributed by atoms with Crippen LogP contribution < -0.4 is 0 Å². The van der Waals surface area contributed by atoms with Crippen LogP contribution in [0, 0.1) is 31.1 Å². The van der Waals surface area contributed by atoms with Gasteiger partial charge in [-0.15, -0.1) is 12.2 Å². The number of terminal acetylenes is 1. The van der Waals surface area contributed by atoms with Gasteiger partial charge in [0.25, 0.3) is 0 Å². The summed E-state index contributed by atoms with van der Waals surface area (Å²) in [5, 5.41) is 0. The number of aryl methyl sites for hydroxylation is 2. The second-order valence-corrected chi connectivity index (χ2v) is 10.1. The molecule has 0 spiro atoms. The first-order chi connectivity index (χ1) is 19.7. The lowest BCUT2D eigenvalue weighted by atomic mass is 9.80. The van der Waals surface area contributed by atoms with Crippen molar-refractivity contribution < 1.29 is 0 Å². The average molecular weight is 591 g/mol. The number of hydrogen-bond donors (Lipinski definition) is 0. The highest BCUT2D eigenvalue weighted by Crippen LogP contribution is 2.32. The summed E-state index contributed by atoms with van der Waals surface area (Å²) in [6.45, 7) is 32.4. The van der Waals surface area contributed by atoms with Gasteiger partial charge in [0.15, 0.2) is 0 Å². The normalized spacial score (nSPS) is 15.4. The Kier molecular flexibility index (Phi) is 39.2. The van der Waals surface area contributed by atoms with Gasteiger partial charge in [0.2, 0.25) is 0 Å². The van der Waals surface area contributed by atoms with Crippen LogP contribution >= 0.6 is 0 Å². The molecule has 43 heavy (non-hydrogen) atoms. The number of rotatable bonds is 6. The van der Waals surface area contributed by atoms with Crippen molar-refractivity contribution in [1.29, 1.82) is 0 Å². The quantitative estimate of drug-likeness (QED) is 0.176. The molecule has 2 aliphatic rings. The first kappa shape index (κ1) is 49.9. The Labute approximate surface area is 273 Å². The Morgan fingerprint density at radius 1 is 0.953 bits per heavy atom. The van der Waals surface area contributed by atoms with E-state index in [4.69, 9.17) is 6.42 Å². The van der Waals surface area contributed by atoms with Gasteiger partial charge in [0.05, 0.1) is 5.57 Å². The molecule has 0 amide bonds. The van der Waals surface area contributed by atoms with Crippen molar-refractivity contribution in [2.75, 3.05) is 0 Å². The summed E-state index contributed by atoms with van der Waals surface area (Å²) in [5.41, 5.74) is 11.6. The number of hydrogen-bond acceptors (Lipinski definition) is 0. The standard InChI is InChI=1S/C25H28.C7H12.C3H8.3C2H6.2CH4/c1-4-21-6-5-7-23(16-13-21)25-15-10-20(3)24(18-25)17-14-22-11-8-19(2)9-12-22;1-5-7(4)6(2)3;1-3-2;3*1-2;;/h1,5-7,10,15-16,18-19,22H,8-9,11-12,14,17H2,2-3H3;2,4-5H2,1,3H3;3H2,1-2H3;3*1-2H3;2*1H4. The Hall–Kier alpha value is -2.74. The van der Waals surface area contributed by atoms with E-state index in [2.05, 4.69) is 83.7 Å². The van der Waals surface area contributed by atoms with E-state index in [1.807, 2.05) is 66.7 Å². The minimum Gasteiger partial charge on any atom is -0.114 e. The fraction of sp³-hybridized carbons (Fsp3) is 0.558. The monoisotopic (exact) mass is 591 g/mol. The minimum absolute atomic E-state index is 0. The van der Waals surface area contributed by atoms with Gasteiger partial charge in [-0.1, -0.05) is 177 Å². The molecule has 2 aliphatic carbocycles. The summed E-state index contributed by atoms with van der Waals surface area (Å²) >= 11 is 0. The molecule has 0 radical (unpaired) electrons. The molecule has 1 fully saturated rings. The zero-order valence-electron chi connectivity index (χ0n) is 29.3. The highest BCUT2D eigenvalue weighted by molar-refractivity contribution is 5.76. The highest BCUT2D eigenvalue weighted by atomic mass is 14.2. The van der Waals surface area contributed by atoms with Crippen molar-refractivity contribution in [3.8, 4) is 12.3 Å². The third-order valence-corrected chi connectivity index (χ3v) is 6.75. The second kappa shape index (κ2) is 33.8. The largest absolute Gasteiger partial charge is 0.114 e. The molecular weight excluding hydrogens is 516 g/mol. The Morgan fingerprint density at radius 2 is 1.49 bits per heavy atom. The molecule has 0 heterocycles. The molecule has 0 aliphatic heterocycles. The zero-order valence-corrected chi connectivity index (χ0v) is 29.3. The van der Waals surface area contributed by atoms with Crippen molar-refractivity contribution in [2.24, 2.45) is 11.8 Å². The summed E-state index contributed by atoms with van der Waals surface area (Å²) in [5.74, 6) is 4.50. The van der Waals surface area contributed by atoms with Crippen LogP contribution in [0.2, 0.25) is 0 Å².